The fourth-order valence-corrected chi connectivity index (χ4v) is 0.879. The molecule has 0 saturated carbocycles. The number of hydrogen-bond donors (Lipinski definition) is 0. The highest BCUT2D eigenvalue weighted by molar-refractivity contribution is 9.09. The van der Waals surface area contributed by atoms with E-state index in [9.17, 15) is 0 Å². The molecule has 0 rings (SSSR count). The molecular weight excluding hydrogens is 212 g/mol. The van der Waals surface area contributed by atoms with Crippen molar-refractivity contribution in [2.75, 3.05) is 11.9 Å². The van der Waals surface area contributed by atoms with Crippen LogP contribution in [0, 0.1) is 0 Å². The van der Waals surface area contributed by atoms with Gasteiger partial charge in [0, 0.05) is 5.33 Å². The van der Waals surface area contributed by atoms with Crippen LogP contribution in [0.5, 0.6) is 0 Å². The Balaban J connectivity index is 3.02. The monoisotopic (exact) mass is 226 g/mol. The lowest BCUT2D eigenvalue weighted by atomic mass is 10.2. The molecule has 1 atom stereocenters. The van der Waals surface area contributed by atoms with Crippen LogP contribution in [0.1, 0.15) is 26.7 Å². The smallest absolute Gasteiger partial charge is 0.0933 e. The fourth-order valence-electron chi connectivity index (χ4n) is 0.556. The largest absolute Gasteiger partial charge is 0.206 e. The normalized spacial score (nSPS) is 13.4. The highest BCUT2D eigenvalue weighted by Gasteiger charge is 2.01. The van der Waals surface area contributed by atoms with Crippen LogP contribution in [0.15, 0.2) is 0 Å². The molecule has 0 saturated heterocycles. The van der Waals surface area contributed by atoms with Crippen molar-refractivity contribution in [1.82, 2.24) is 0 Å². The first-order valence-electron chi connectivity index (χ1n) is 3.82. The maximum atomic E-state index is 4.84. The summed E-state index contributed by atoms with van der Waals surface area (Å²) in [5.41, 5.74) is 0. The van der Waals surface area contributed by atoms with Gasteiger partial charge in [-0.15, -0.1) is 0 Å². The molecular formula is C7H15BrO3. The molecule has 0 aromatic heterocycles. The first-order chi connectivity index (χ1) is 5.31. The average molecular weight is 227 g/mol. The molecule has 0 fully saturated rings. The van der Waals surface area contributed by atoms with Crippen molar-refractivity contribution < 1.29 is 14.8 Å². The first-order valence-corrected chi connectivity index (χ1v) is 4.94. The second kappa shape index (κ2) is 8.46. The summed E-state index contributed by atoms with van der Waals surface area (Å²) in [4.78, 5) is 9.39. The van der Waals surface area contributed by atoms with Crippen molar-refractivity contribution in [2.45, 2.75) is 32.8 Å². The minimum Gasteiger partial charge on any atom is -0.206 e. The SMILES string of the molecule is CCOOOC(C)CCCBr. The van der Waals surface area contributed by atoms with Gasteiger partial charge >= 0.3 is 0 Å². The van der Waals surface area contributed by atoms with Crippen molar-refractivity contribution in [3.8, 4) is 0 Å². The minimum absolute atomic E-state index is 0.0964. The molecule has 0 heterocycles. The second-order valence-corrected chi connectivity index (χ2v) is 3.01. The molecule has 0 spiro atoms. The highest BCUT2D eigenvalue weighted by atomic mass is 79.9. The molecule has 0 N–H and O–H groups in total. The predicted octanol–water partition coefficient (Wildman–Crippen LogP) is 2.45. The maximum absolute atomic E-state index is 4.84. The molecule has 0 radical (unpaired) electrons. The van der Waals surface area contributed by atoms with Crippen LogP contribution in [-0.4, -0.2) is 18.0 Å². The summed E-state index contributed by atoms with van der Waals surface area (Å²) in [6.07, 6.45) is 2.15. The van der Waals surface area contributed by atoms with E-state index in [0.717, 1.165) is 18.2 Å². The Morgan fingerprint density at radius 3 is 2.73 bits per heavy atom. The summed E-state index contributed by atoms with van der Waals surface area (Å²) >= 11 is 3.33. The molecule has 0 aromatic carbocycles. The molecule has 0 aliphatic carbocycles. The first kappa shape index (κ1) is 11.4. The van der Waals surface area contributed by atoms with Gasteiger partial charge in [0.25, 0.3) is 0 Å². The highest BCUT2D eigenvalue weighted by Crippen LogP contribution is 2.03. The van der Waals surface area contributed by atoms with Gasteiger partial charge in [0.05, 0.1) is 12.7 Å². The summed E-state index contributed by atoms with van der Waals surface area (Å²) in [7, 11) is 0. The molecule has 68 valence electrons. The van der Waals surface area contributed by atoms with Gasteiger partial charge in [-0.1, -0.05) is 21.0 Å². The van der Waals surface area contributed by atoms with Crippen LogP contribution < -0.4 is 0 Å². The molecule has 0 aromatic rings. The molecule has 4 heteroatoms. The van der Waals surface area contributed by atoms with E-state index in [-0.39, 0.29) is 6.10 Å². The maximum Gasteiger partial charge on any atom is 0.0933 e. The third-order valence-corrected chi connectivity index (χ3v) is 1.67. The average Bonchev–Trinajstić information content (AvgIpc) is 2.01. The van der Waals surface area contributed by atoms with Crippen molar-refractivity contribution in [3.05, 3.63) is 0 Å². The Kier molecular flexibility index (Phi) is 8.73. The van der Waals surface area contributed by atoms with Crippen LogP contribution in [0.4, 0.5) is 0 Å². The summed E-state index contributed by atoms with van der Waals surface area (Å²) in [5.74, 6) is 0. The third-order valence-electron chi connectivity index (χ3n) is 1.11. The van der Waals surface area contributed by atoms with Crippen molar-refractivity contribution in [2.24, 2.45) is 0 Å². The predicted molar refractivity (Wildman–Crippen MR) is 46.3 cm³/mol. The third kappa shape index (κ3) is 8.26. The number of rotatable bonds is 7. The topological polar surface area (TPSA) is 27.7 Å². The van der Waals surface area contributed by atoms with Crippen molar-refractivity contribution in [3.63, 3.8) is 0 Å². The summed E-state index contributed by atoms with van der Waals surface area (Å²) < 4.78 is 0. The van der Waals surface area contributed by atoms with E-state index in [0.29, 0.717) is 6.61 Å². The number of hydrogen-bond acceptors (Lipinski definition) is 3. The van der Waals surface area contributed by atoms with Gasteiger partial charge in [0.15, 0.2) is 0 Å². The molecule has 3 nitrogen and oxygen atoms in total. The molecule has 0 aliphatic rings. The lowest BCUT2D eigenvalue weighted by Crippen LogP contribution is -2.09. The Hall–Kier alpha value is 0.360. The Morgan fingerprint density at radius 1 is 1.45 bits per heavy atom. The molecule has 1 unspecified atom stereocenters. The summed E-state index contributed by atoms with van der Waals surface area (Å²) in [6.45, 7) is 4.29. The molecule has 0 bridgehead atoms. The summed E-state index contributed by atoms with van der Waals surface area (Å²) in [5, 5.41) is 5.42. The van der Waals surface area contributed by atoms with E-state index in [1.165, 1.54) is 0 Å². The van der Waals surface area contributed by atoms with E-state index in [1.54, 1.807) is 0 Å². The molecule has 11 heavy (non-hydrogen) atoms. The zero-order valence-electron chi connectivity index (χ0n) is 7.01. The Bertz CT molecular complexity index is 80.1. The van der Waals surface area contributed by atoms with Crippen LogP contribution in [-0.2, 0) is 14.8 Å². The van der Waals surface area contributed by atoms with Crippen molar-refractivity contribution >= 4 is 15.9 Å². The lowest BCUT2D eigenvalue weighted by molar-refractivity contribution is -0.523. The van der Waals surface area contributed by atoms with Gasteiger partial charge < -0.3 is 0 Å². The standard InChI is InChI=1S/C7H15BrO3/c1-3-9-11-10-7(2)5-4-6-8/h7H,3-6H2,1-2H3. The van der Waals surface area contributed by atoms with E-state index in [1.807, 2.05) is 13.8 Å². The van der Waals surface area contributed by atoms with Crippen LogP contribution >= 0.6 is 15.9 Å². The number of halogens is 1. The minimum atomic E-state index is 0.0964. The van der Waals surface area contributed by atoms with Gasteiger partial charge in [-0.25, -0.2) is 9.78 Å². The molecule has 0 aliphatic heterocycles. The zero-order valence-corrected chi connectivity index (χ0v) is 8.59. The van der Waals surface area contributed by atoms with Crippen LogP contribution in [0.2, 0.25) is 0 Å². The Morgan fingerprint density at radius 2 is 2.18 bits per heavy atom. The van der Waals surface area contributed by atoms with Crippen molar-refractivity contribution in [1.29, 1.82) is 0 Å². The van der Waals surface area contributed by atoms with E-state index < -0.39 is 0 Å². The van der Waals surface area contributed by atoms with E-state index >= 15 is 0 Å². The molecule has 0 amide bonds. The van der Waals surface area contributed by atoms with Gasteiger partial charge in [-0.2, -0.15) is 0 Å². The van der Waals surface area contributed by atoms with Gasteiger partial charge in [0.1, 0.15) is 0 Å². The zero-order chi connectivity index (χ0) is 8.53. The lowest BCUT2D eigenvalue weighted by Gasteiger charge is -2.08. The summed E-state index contributed by atoms with van der Waals surface area (Å²) in [6, 6.07) is 0. The second-order valence-electron chi connectivity index (χ2n) is 2.21. The van der Waals surface area contributed by atoms with Crippen LogP contribution in [0.3, 0.4) is 0 Å². The van der Waals surface area contributed by atoms with Gasteiger partial charge in [-0.3, -0.25) is 0 Å². The van der Waals surface area contributed by atoms with Crippen LogP contribution in [0.25, 0.3) is 0 Å². The number of alkyl halides is 1. The van der Waals surface area contributed by atoms with E-state index in [4.69, 9.17) is 4.89 Å². The Labute approximate surface area is 76.0 Å². The van der Waals surface area contributed by atoms with Gasteiger partial charge in [-0.05, 0) is 26.7 Å². The fraction of sp³-hybridized carbons (Fsp3) is 1.00. The van der Waals surface area contributed by atoms with E-state index in [2.05, 4.69) is 25.9 Å². The van der Waals surface area contributed by atoms with Gasteiger partial charge in [0.2, 0.25) is 0 Å². The quantitative estimate of drug-likeness (QED) is 0.289.